The van der Waals surface area contributed by atoms with Gasteiger partial charge >= 0.3 is 0 Å². The number of piperazine rings is 1. The number of carbonyl (C=O) groups is 1. The highest BCUT2D eigenvalue weighted by Crippen LogP contribution is 2.28. The molecule has 1 saturated heterocycles. The van der Waals surface area contributed by atoms with Crippen LogP contribution in [0.3, 0.4) is 0 Å². The number of carbonyl (C=O) groups excluding carboxylic acids is 1. The second-order valence-corrected chi connectivity index (χ2v) is 6.41. The highest BCUT2D eigenvalue weighted by atomic mass is 16.2. The van der Waals surface area contributed by atoms with Crippen molar-refractivity contribution < 1.29 is 4.79 Å². The minimum Gasteiger partial charge on any atom is -0.342 e. The van der Waals surface area contributed by atoms with E-state index in [1.165, 1.54) is 19.3 Å². The first-order valence-corrected chi connectivity index (χ1v) is 7.21. The molecule has 1 amide bonds. The van der Waals surface area contributed by atoms with E-state index in [1.54, 1.807) is 0 Å². The fourth-order valence-electron chi connectivity index (χ4n) is 2.91. The normalized spacial score (nSPS) is 22.6. The number of nitrogens with one attached hydrogen (secondary N) is 1. The Morgan fingerprint density at radius 2 is 1.94 bits per heavy atom. The summed E-state index contributed by atoms with van der Waals surface area (Å²) in [4.78, 5) is 17.0. The molecule has 104 valence electrons. The summed E-state index contributed by atoms with van der Waals surface area (Å²) in [7, 11) is 1.98. The Morgan fingerprint density at radius 1 is 1.33 bits per heavy atom. The summed E-state index contributed by atoms with van der Waals surface area (Å²) in [6.07, 6.45) is 3.65. The smallest absolute Gasteiger partial charge is 0.229 e. The van der Waals surface area contributed by atoms with Gasteiger partial charge in [0.2, 0.25) is 5.91 Å². The third kappa shape index (κ3) is 3.04. The minimum atomic E-state index is -0.262. The maximum Gasteiger partial charge on any atom is 0.229 e. The molecule has 18 heavy (non-hydrogen) atoms. The lowest BCUT2D eigenvalue weighted by Crippen LogP contribution is -2.53. The third-order valence-electron chi connectivity index (χ3n) is 4.35. The topological polar surface area (TPSA) is 35.6 Å². The first-order valence-electron chi connectivity index (χ1n) is 7.21. The average Bonchev–Trinajstić information content (AvgIpc) is 2.26. The van der Waals surface area contributed by atoms with Crippen LogP contribution in [0.5, 0.6) is 0 Å². The zero-order valence-corrected chi connectivity index (χ0v) is 12.0. The number of hydrogen-bond acceptors (Lipinski definition) is 3. The standard InChI is InChI=1S/C14H27N3O/c1-14(2,11-17-9-7-15-8-10-17)13(18)16(3)12-5-4-6-12/h12,15H,4-11H2,1-3H3. The summed E-state index contributed by atoms with van der Waals surface area (Å²) in [6, 6.07) is 0.500. The molecule has 1 aliphatic heterocycles. The van der Waals surface area contributed by atoms with Crippen LogP contribution in [0, 0.1) is 5.41 Å². The predicted octanol–water partition coefficient (Wildman–Crippen LogP) is 0.929. The van der Waals surface area contributed by atoms with Crippen LogP contribution in [-0.2, 0) is 4.79 Å². The monoisotopic (exact) mass is 253 g/mol. The highest BCUT2D eigenvalue weighted by Gasteiger charge is 2.36. The zero-order chi connectivity index (χ0) is 13.2. The molecule has 0 aromatic heterocycles. The molecule has 1 saturated carbocycles. The third-order valence-corrected chi connectivity index (χ3v) is 4.35. The quantitative estimate of drug-likeness (QED) is 0.809. The van der Waals surface area contributed by atoms with Gasteiger partial charge in [-0.25, -0.2) is 0 Å². The Morgan fingerprint density at radius 3 is 2.44 bits per heavy atom. The van der Waals surface area contributed by atoms with Gasteiger partial charge in [0.05, 0.1) is 5.41 Å². The van der Waals surface area contributed by atoms with Crippen molar-refractivity contribution in [3.05, 3.63) is 0 Å². The first kappa shape index (κ1) is 13.8. The van der Waals surface area contributed by atoms with E-state index >= 15 is 0 Å². The SMILES string of the molecule is CN(C(=O)C(C)(C)CN1CCNCC1)C1CCC1. The van der Waals surface area contributed by atoms with E-state index in [4.69, 9.17) is 0 Å². The Bertz CT molecular complexity index is 293. The fraction of sp³-hybridized carbons (Fsp3) is 0.929. The van der Waals surface area contributed by atoms with Gasteiger partial charge in [0.1, 0.15) is 0 Å². The highest BCUT2D eigenvalue weighted by molar-refractivity contribution is 5.82. The van der Waals surface area contributed by atoms with Crippen molar-refractivity contribution in [1.82, 2.24) is 15.1 Å². The summed E-state index contributed by atoms with van der Waals surface area (Å²) in [5, 5.41) is 3.35. The number of nitrogens with zero attached hydrogens (tertiary/aromatic N) is 2. The molecule has 0 radical (unpaired) electrons. The van der Waals surface area contributed by atoms with Crippen molar-refractivity contribution in [2.45, 2.75) is 39.2 Å². The lowest BCUT2D eigenvalue weighted by atomic mass is 9.86. The molecular formula is C14H27N3O. The van der Waals surface area contributed by atoms with E-state index in [2.05, 4.69) is 24.1 Å². The lowest BCUT2D eigenvalue weighted by Gasteiger charge is -2.41. The van der Waals surface area contributed by atoms with Gasteiger partial charge in [0.25, 0.3) is 0 Å². The maximum absolute atomic E-state index is 12.6. The predicted molar refractivity (Wildman–Crippen MR) is 73.5 cm³/mol. The largest absolute Gasteiger partial charge is 0.342 e. The van der Waals surface area contributed by atoms with E-state index in [0.717, 1.165) is 32.7 Å². The van der Waals surface area contributed by atoms with Gasteiger partial charge in [0, 0.05) is 45.8 Å². The van der Waals surface area contributed by atoms with E-state index in [0.29, 0.717) is 11.9 Å². The molecule has 0 unspecified atom stereocenters. The number of amides is 1. The molecule has 2 aliphatic rings. The Kier molecular flexibility index (Phi) is 4.28. The molecule has 0 atom stereocenters. The fourth-order valence-corrected chi connectivity index (χ4v) is 2.91. The van der Waals surface area contributed by atoms with Crippen LogP contribution in [0.2, 0.25) is 0 Å². The van der Waals surface area contributed by atoms with Crippen LogP contribution in [0.4, 0.5) is 0 Å². The lowest BCUT2D eigenvalue weighted by molar-refractivity contribution is -0.143. The van der Waals surface area contributed by atoms with Gasteiger partial charge in [-0.2, -0.15) is 0 Å². The second-order valence-electron chi connectivity index (χ2n) is 6.41. The van der Waals surface area contributed by atoms with Crippen molar-refractivity contribution in [3.8, 4) is 0 Å². The molecule has 2 rings (SSSR count). The molecule has 1 heterocycles. The van der Waals surface area contributed by atoms with Crippen molar-refractivity contribution in [2.75, 3.05) is 39.8 Å². The summed E-state index contributed by atoms with van der Waals surface area (Å²) in [6.45, 7) is 9.27. The van der Waals surface area contributed by atoms with Crippen molar-refractivity contribution >= 4 is 5.91 Å². The average molecular weight is 253 g/mol. The van der Waals surface area contributed by atoms with E-state index < -0.39 is 0 Å². The van der Waals surface area contributed by atoms with Crippen molar-refractivity contribution in [3.63, 3.8) is 0 Å². The summed E-state index contributed by atoms with van der Waals surface area (Å²) < 4.78 is 0. The summed E-state index contributed by atoms with van der Waals surface area (Å²) in [5.74, 6) is 0.311. The minimum absolute atomic E-state index is 0.262. The molecule has 2 fully saturated rings. The van der Waals surface area contributed by atoms with Gasteiger partial charge in [-0.3, -0.25) is 9.69 Å². The first-order chi connectivity index (χ1) is 8.50. The van der Waals surface area contributed by atoms with E-state index in [1.807, 2.05) is 11.9 Å². The molecule has 1 aliphatic carbocycles. The van der Waals surface area contributed by atoms with Gasteiger partial charge < -0.3 is 10.2 Å². The van der Waals surface area contributed by atoms with Crippen molar-refractivity contribution in [2.24, 2.45) is 5.41 Å². The van der Waals surface area contributed by atoms with Crippen LogP contribution in [0.15, 0.2) is 0 Å². The second kappa shape index (κ2) is 5.57. The van der Waals surface area contributed by atoms with Crippen LogP contribution in [-0.4, -0.2) is 61.5 Å². The Balaban J connectivity index is 1.89. The van der Waals surface area contributed by atoms with E-state index in [-0.39, 0.29) is 5.41 Å². The van der Waals surface area contributed by atoms with Gasteiger partial charge in [-0.05, 0) is 33.1 Å². The van der Waals surface area contributed by atoms with Crippen molar-refractivity contribution in [1.29, 1.82) is 0 Å². The molecular weight excluding hydrogens is 226 g/mol. The van der Waals surface area contributed by atoms with Gasteiger partial charge in [-0.15, -0.1) is 0 Å². The molecule has 0 spiro atoms. The Hall–Kier alpha value is -0.610. The molecule has 0 aromatic rings. The molecule has 4 heteroatoms. The molecule has 1 N–H and O–H groups in total. The number of rotatable bonds is 4. The summed E-state index contributed by atoms with van der Waals surface area (Å²) in [5.41, 5.74) is -0.262. The zero-order valence-electron chi connectivity index (χ0n) is 12.0. The van der Waals surface area contributed by atoms with E-state index in [9.17, 15) is 4.79 Å². The maximum atomic E-state index is 12.6. The van der Waals surface area contributed by atoms with Gasteiger partial charge in [0.15, 0.2) is 0 Å². The molecule has 0 aromatic carbocycles. The van der Waals surface area contributed by atoms with Crippen LogP contribution >= 0.6 is 0 Å². The van der Waals surface area contributed by atoms with Crippen LogP contribution < -0.4 is 5.32 Å². The summed E-state index contributed by atoms with van der Waals surface area (Å²) >= 11 is 0. The molecule has 4 nitrogen and oxygen atoms in total. The van der Waals surface area contributed by atoms with Crippen LogP contribution in [0.1, 0.15) is 33.1 Å². The van der Waals surface area contributed by atoms with Crippen LogP contribution in [0.25, 0.3) is 0 Å². The van der Waals surface area contributed by atoms with Gasteiger partial charge in [-0.1, -0.05) is 0 Å². The number of hydrogen-bond donors (Lipinski definition) is 1. The molecule has 0 bridgehead atoms. The Labute approximate surface area is 111 Å².